The molecular formula is C12H21F3N2O3. The van der Waals surface area contributed by atoms with E-state index in [1.807, 2.05) is 0 Å². The predicted octanol–water partition coefficient (Wildman–Crippen LogP) is 1.77. The maximum absolute atomic E-state index is 11.8. The molecule has 0 spiro atoms. The Kier molecular flexibility index (Phi) is 5.64. The van der Waals surface area contributed by atoms with Gasteiger partial charge in [0.15, 0.2) is 0 Å². The molecule has 0 aliphatic carbocycles. The first kappa shape index (κ1) is 17.0. The quantitative estimate of drug-likeness (QED) is 0.786. The van der Waals surface area contributed by atoms with Gasteiger partial charge in [-0.05, 0) is 20.8 Å². The summed E-state index contributed by atoms with van der Waals surface area (Å²) in [4.78, 5) is 13.1. The summed E-state index contributed by atoms with van der Waals surface area (Å²) in [6.07, 6.45) is -4.66. The molecule has 1 aliphatic rings. The number of alkyl halides is 3. The van der Waals surface area contributed by atoms with Gasteiger partial charge in [-0.3, -0.25) is 0 Å². The molecule has 1 amide bonds. The summed E-state index contributed by atoms with van der Waals surface area (Å²) in [6.45, 7) is 5.44. The molecule has 118 valence electrons. The molecule has 0 saturated carbocycles. The minimum absolute atomic E-state index is 0.0115. The van der Waals surface area contributed by atoms with Crippen molar-refractivity contribution in [3.05, 3.63) is 0 Å². The first-order valence-corrected chi connectivity index (χ1v) is 6.43. The van der Waals surface area contributed by atoms with Gasteiger partial charge in [0.2, 0.25) is 0 Å². The standard InChI is InChI=1S/C12H21F3N2O3/c1-11(2,3)20-10(18)17-6-9(7-17)16-4-5-19-8-12(13,14)15/h9,16H,4-8H2,1-3H3. The fourth-order valence-electron chi connectivity index (χ4n) is 1.61. The lowest BCUT2D eigenvalue weighted by Gasteiger charge is -2.40. The van der Waals surface area contributed by atoms with Crippen molar-refractivity contribution in [1.29, 1.82) is 0 Å². The van der Waals surface area contributed by atoms with Gasteiger partial charge in [-0.25, -0.2) is 4.79 Å². The minimum atomic E-state index is -4.29. The van der Waals surface area contributed by atoms with Gasteiger partial charge in [-0.2, -0.15) is 13.2 Å². The van der Waals surface area contributed by atoms with Crippen LogP contribution in [0.2, 0.25) is 0 Å². The summed E-state index contributed by atoms with van der Waals surface area (Å²) in [6, 6.07) is 0.0806. The van der Waals surface area contributed by atoms with E-state index in [1.165, 1.54) is 0 Å². The molecule has 0 atom stereocenters. The smallest absolute Gasteiger partial charge is 0.411 e. The second-order valence-electron chi connectivity index (χ2n) is 5.70. The molecule has 1 N–H and O–H groups in total. The third-order valence-corrected chi connectivity index (χ3v) is 2.48. The summed E-state index contributed by atoms with van der Waals surface area (Å²) in [7, 11) is 0. The molecule has 20 heavy (non-hydrogen) atoms. The molecule has 1 rings (SSSR count). The van der Waals surface area contributed by atoms with Crippen LogP contribution < -0.4 is 5.32 Å². The summed E-state index contributed by atoms with van der Waals surface area (Å²) in [5, 5.41) is 3.01. The van der Waals surface area contributed by atoms with Gasteiger partial charge >= 0.3 is 12.3 Å². The van der Waals surface area contributed by atoms with Crippen LogP contribution in [0.4, 0.5) is 18.0 Å². The molecule has 1 heterocycles. The molecule has 1 aliphatic heterocycles. The Morgan fingerprint density at radius 2 is 1.90 bits per heavy atom. The van der Waals surface area contributed by atoms with Crippen LogP contribution in [-0.2, 0) is 9.47 Å². The highest BCUT2D eigenvalue weighted by molar-refractivity contribution is 5.69. The highest BCUT2D eigenvalue weighted by atomic mass is 19.4. The van der Waals surface area contributed by atoms with E-state index in [4.69, 9.17) is 4.74 Å². The number of halogens is 3. The Balaban J connectivity index is 2.04. The van der Waals surface area contributed by atoms with E-state index in [-0.39, 0.29) is 18.7 Å². The van der Waals surface area contributed by atoms with E-state index in [9.17, 15) is 18.0 Å². The normalized spacial score (nSPS) is 17.0. The molecule has 0 aromatic heterocycles. The molecule has 1 saturated heterocycles. The number of carbonyl (C=O) groups is 1. The molecule has 5 nitrogen and oxygen atoms in total. The highest BCUT2D eigenvalue weighted by Crippen LogP contribution is 2.15. The number of ether oxygens (including phenoxy) is 2. The minimum Gasteiger partial charge on any atom is -0.444 e. The van der Waals surface area contributed by atoms with Gasteiger partial charge in [0.1, 0.15) is 12.2 Å². The summed E-state index contributed by atoms with van der Waals surface area (Å²) < 4.78 is 45.0. The van der Waals surface area contributed by atoms with Crippen molar-refractivity contribution >= 4 is 6.09 Å². The van der Waals surface area contributed by atoms with Gasteiger partial charge in [0.05, 0.1) is 6.61 Å². The number of nitrogens with one attached hydrogen (secondary N) is 1. The van der Waals surface area contributed by atoms with Crippen LogP contribution in [0.5, 0.6) is 0 Å². The Morgan fingerprint density at radius 1 is 1.30 bits per heavy atom. The monoisotopic (exact) mass is 298 g/mol. The molecule has 0 bridgehead atoms. The number of nitrogens with zero attached hydrogens (tertiary/aromatic N) is 1. The number of hydrogen-bond donors (Lipinski definition) is 1. The third-order valence-electron chi connectivity index (χ3n) is 2.48. The van der Waals surface area contributed by atoms with E-state index in [0.717, 1.165) is 0 Å². The number of likely N-dealkylation sites (tertiary alicyclic amines) is 1. The second-order valence-corrected chi connectivity index (χ2v) is 5.70. The van der Waals surface area contributed by atoms with E-state index < -0.39 is 18.4 Å². The van der Waals surface area contributed by atoms with Crippen LogP contribution in [0.1, 0.15) is 20.8 Å². The van der Waals surface area contributed by atoms with Gasteiger partial charge in [-0.15, -0.1) is 0 Å². The molecule has 1 fully saturated rings. The van der Waals surface area contributed by atoms with Crippen LogP contribution in [0.15, 0.2) is 0 Å². The highest BCUT2D eigenvalue weighted by Gasteiger charge is 2.33. The Hall–Kier alpha value is -1.02. The summed E-state index contributed by atoms with van der Waals surface area (Å²) >= 11 is 0. The van der Waals surface area contributed by atoms with Crippen LogP contribution in [0, 0.1) is 0 Å². The molecule has 8 heteroatoms. The lowest BCUT2D eigenvalue weighted by Crippen LogP contribution is -2.60. The van der Waals surface area contributed by atoms with Crippen molar-refractivity contribution in [1.82, 2.24) is 10.2 Å². The lowest BCUT2D eigenvalue weighted by atomic mass is 10.1. The van der Waals surface area contributed by atoms with Crippen molar-refractivity contribution in [3.63, 3.8) is 0 Å². The fraction of sp³-hybridized carbons (Fsp3) is 0.917. The zero-order valence-corrected chi connectivity index (χ0v) is 11.9. The van der Waals surface area contributed by atoms with E-state index in [0.29, 0.717) is 19.6 Å². The zero-order chi connectivity index (χ0) is 15.4. The predicted molar refractivity (Wildman–Crippen MR) is 66.5 cm³/mol. The first-order chi connectivity index (χ1) is 9.07. The topological polar surface area (TPSA) is 50.8 Å². The maximum Gasteiger partial charge on any atom is 0.411 e. The van der Waals surface area contributed by atoms with Crippen LogP contribution in [0.3, 0.4) is 0 Å². The van der Waals surface area contributed by atoms with Crippen molar-refractivity contribution in [2.75, 3.05) is 32.8 Å². The Bertz CT molecular complexity index is 323. The van der Waals surface area contributed by atoms with Crippen LogP contribution in [0.25, 0.3) is 0 Å². The lowest BCUT2D eigenvalue weighted by molar-refractivity contribution is -0.173. The van der Waals surface area contributed by atoms with Crippen molar-refractivity contribution in [3.8, 4) is 0 Å². The van der Waals surface area contributed by atoms with E-state index >= 15 is 0 Å². The van der Waals surface area contributed by atoms with Gasteiger partial charge in [0.25, 0.3) is 0 Å². The van der Waals surface area contributed by atoms with Gasteiger partial charge < -0.3 is 19.7 Å². The van der Waals surface area contributed by atoms with Crippen molar-refractivity contribution < 1.29 is 27.4 Å². The molecule has 0 aromatic rings. The van der Waals surface area contributed by atoms with Crippen LogP contribution >= 0.6 is 0 Å². The molecule has 0 unspecified atom stereocenters. The van der Waals surface area contributed by atoms with Gasteiger partial charge in [-0.1, -0.05) is 0 Å². The van der Waals surface area contributed by atoms with Gasteiger partial charge in [0, 0.05) is 25.7 Å². The largest absolute Gasteiger partial charge is 0.444 e. The van der Waals surface area contributed by atoms with E-state index in [2.05, 4.69) is 10.1 Å². The summed E-state index contributed by atoms with van der Waals surface area (Å²) in [5.74, 6) is 0. The average molecular weight is 298 g/mol. The Labute approximate surface area is 116 Å². The zero-order valence-electron chi connectivity index (χ0n) is 11.9. The third kappa shape index (κ3) is 6.95. The molecular weight excluding hydrogens is 277 g/mol. The number of carbonyl (C=O) groups excluding carboxylic acids is 1. The maximum atomic E-state index is 11.8. The molecule has 0 radical (unpaired) electrons. The first-order valence-electron chi connectivity index (χ1n) is 6.43. The fourth-order valence-corrected chi connectivity index (χ4v) is 1.61. The second kappa shape index (κ2) is 6.62. The SMILES string of the molecule is CC(C)(C)OC(=O)N1CC(NCCOCC(F)(F)F)C1. The van der Waals surface area contributed by atoms with Crippen molar-refractivity contribution in [2.45, 2.75) is 38.6 Å². The Morgan fingerprint density at radius 3 is 2.40 bits per heavy atom. The number of hydrogen-bond acceptors (Lipinski definition) is 4. The number of rotatable bonds is 5. The van der Waals surface area contributed by atoms with E-state index in [1.54, 1.807) is 25.7 Å². The average Bonchev–Trinajstić information content (AvgIpc) is 2.15. The van der Waals surface area contributed by atoms with Crippen molar-refractivity contribution in [2.24, 2.45) is 0 Å². The van der Waals surface area contributed by atoms with Crippen LogP contribution in [-0.4, -0.2) is 61.7 Å². The molecule has 0 aromatic carbocycles. The number of amides is 1. The summed E-state index contributed by atoms with van der Waals surface area (Å²) in [5.41, 5.74) is -0.527.